The lowest BCUT2D eigenvalue weighted by atomic mass is 10.0. The zero-order chi connectivity index (χ0) is 14.4. The van der Waals surface area contributed by atoms with Gasteiger partial charge in [0.1, 0.15) is 0 Å². The van der Waals surface area contributed by atoms with Crippen LogP contribution in [-0.4, -0.2) is 42.9 Å². The Morgan fingerprint density at radius 1 is 1.55 bits per heavy atom. The first-order valence-corrected chi connectivity index (χ1v) is 7.93. The fourth-order valence-electron chi connectivity index (χ4n) is 2.47. The normalized spacial score (nSPS) is 17.0. The van der Waals surface area contributed by atoms with Gasteiger partial charge >= 0.3 is 5.97 Å². The first-order valence-electron chi connectivity index (χ1n) is 6.95. The van der Waals surface area contributed by atoms with E-state index in [-0.39, 0.29) is 5.97 Å². The number of hydrogen-bond donors (Lipinski definition) is 0. The Morgan fingerprint density at radius 2 is 2.35 bits per heavy atom. The quantitative estimate of drug-likeness (QED) is 0.571. The molecule has 0 fully saturated rings. The van der Waals surface area contributed by atoms with Crippen LogP contribution in [0.5, 0.6) is 0 Å². The summed E-state index contributed by atoms with van der Waals surface area (Å²) in [6.07, 6.45) is 1.84. The lowest BCUT2D eigenvalue weighted by Gasteiger charge is -2.23. The van der Waals surface area contributed by atoms with Crippen molar-refractivity contribution < 1.29 is 9.53 Å². The number of rotatable bonds is 7. The van der Waals surface area contributed by atoms with Gasteiger partial charge in [-0.05, 0) is 18.6 Å². The van der Waals surface area contributed by atoms with Crippen molar-refractivity contribution in [3.05, 3.63) is 42.5 Å². The predicted molar refractivity (Wildman–Crippen MR) is 83.2 cm³/mol. The Labute approximate surface area is 125 Å². The number of carbonyl (C=O) groups excluding carboxylic acids is 1. The molecule has 1 unspecified atom stereocenters. The molecule has 3 nitrogen and oxygen atoms in total. The van der Waals surface area contributed by atoms with Crippen LogP contribution in [0.4, 0.5) is 0 Å². The first kappa shape index (κ1) is 15.1. The van der Waals surface area contributed by atoms with E-state index in [1.165, 1.54) is 10.5 Å². The highest BCUT2D eigenvalue weighted by atomic mass is 32.2. The van der Waals surface area contributed by atoms with Crippen LogP contribution in [0.2, 0.25) is 0 Å². The number of thioether (sulfide) groups is 1. The van der Waals surface area contributed by atoms with E-state index < -0.39 is 0 Å². The molecule has 0 spiro atoms. The van der Waals surface area contributed by atoms with Crippen molar-refractivity contribution in [3.8, 4) is 0 Å². The topological polar surface area (TPSA) is 29.5 Å². The Morgan fingerprint density at radius 3 is 3.10 bits per heavy atom. The van der Waals surface area contributed by atoms with Crippen LogP contribution < -0.4 is 0 Å². The zero-order valence-corrected chi connectivity index (χ0v) is 12.7. The van der Waals surface area contributed by atoms with Gasteiger partial charge in [-0.3, -0.25) is 9.69 Å². The van der Waals surface area contributed by atoms with Gasteiger partial charge in [-0.1, -0.05) is 24.3 Å². The molecule has 1 aromatic carbocycles. The average Bonchev–Trinajstić information content (AvgIpc) is 2.83. The molecule has 20 heavy (non-hydrogen) atoms. The Hall–Kier alpha value is -1.26. The number of carbonyl (C=O) groups is 1. The van der Waals surface area contributed by atoms with Gasteiger partial charge in [0.05, 0.1) is 13.2 Å². The van der Waals surface area contributed by atoms with Crippen LogP contribution in [0.3, 0.4) is 0 Å². The molecule has 1 atom stereocenters. The molecule has 1 aliphatic heterocycles. The molecule has 0 N–H and O–H groups in total. The minimum Gasteiger partial charge on any atom is -0.465 e. The molecule has 0 amide bonds. The average molecular weight is 291 g/mol. The van der Waals surface area contributed by atoms with Gasteiger partial charge in [0.25, 0.3) is 0 Å². The van der Waals surface area contributed by atoms with E-state index in [0.29, 0.717) is 25.6 Å². The fourth-order valence-corrected chi connectivity index (χ4v) is 3.71. The maximum atomic E-state index is 11.6. The molecule has 1 aromatic rings. The van der Waals surface area contributed by atoms with Crippen LogP contribution in [0, 0.1) is 0 Å². The number of ether oxygens (including phenoxy) is 1. The van der Waals surface area contributed by atoms with Gasteiger partial charge in [0, 0.05) is 29.7 Å². The van der Waals surface area contributed by atoms with E-state index in [0.717, 1.165) is 12.3 Å². The summed E-state index contributed by atoms with van der Waals surface area (Å²) in [5, 5.41) is 0. The molecular formula is C16H21NO2S. The second-order valence-electron chi connectivity index (χ2n) is 4.83. The number of nitrogens with zero attached hydrogens (tertiary/aromatic N) is 1. The highest BCUT2D eigenvalue weighted by Crippen LogP contribution is 2.39. The van der Waals surface area contributed by atoms with Crippen molar-refractivity contribution in [3.63, 3.8) is 0 Å². The minimum atomic E-state index is -0.159. The van der Waals surface area contributed by atoms with Crippen molar-refractivity contribution in [2.75, 3.05) is 32.0 Å². The van der Waals surface area contributed by atoms with E-state index >= 15 is 0 Å². The van der Waals surface area contributed by atoms with E-state index in [9.17, 15) is 4.79 Å². The summed E-state index contributed by atoms with van der Waals surface area (Å²) in [5.41, 5.74) is 1.40. The largest absolute Gasteiger partial charge is 0.465 e. The van der Waals surface area contributed by atoms with Crippen molar-refractivity contribution in [1.82, 2.24) is 4.90 Å². The van der Waals surface area contributed by atoms with E-state index in [1.54, 1.807) is 0 Å². The summed E-state index contributed by atoms with van der Waals surface area (Å²) in [6, 6.07) is 8.52. The Balaban J connectivity index is 1.98. The number of fused-ring (bicyclic) bond motifs is 1. The molecule has 4 heteroatoms. The third-order valence-electron chi connectivity index (χ3n) is 3.32. The van der Waals surface area contributed by atoms with Gasteiger partial charge in [0.2, 0.25) is 0 Å². The summed E-state index contributed by atoms with van der Waals surface area (Å²) in [5.74, 6) is 1.40. The molecule has 1 heterocycles. The monoisotopic (exact) mass is 291 g/mol. The molecule has 0 aliphatic carbocycles. The van der Waals surface area contributed by atoms with Crippen molar-refractivity contribution in [2.24, 2.45) is 0 Å². The molecule has 0 radical (unpaired) electrons. The second-order valence-corrected chi connectivity index (χ2v) is 5.90. The number of esters is 1. The molecule has 0 bridgehead atoms. The molecular weight excluding hydrogens is 270 g/mol. The van der Waals surface area contributed by atoms with Crippen LogP contribution in [-0.2, 0) is 9.53 Å². The fraction of sp³-hybridized carbons (Fsp3) is 0.438. The molecule has 2 rings (SSSR count). The Kier molecular flexibility index (Phi) is 5.68. The van der Waals surface area contributed by atoms with Crippen LogP contribution in [0.15, 0.2) is 41.8 Å². The predicted octanol–water partition coefficient (Wildman–Crippen LogP) is 2.93. The summed E-state index contributed by atoms with van der Waals surface area (Å²) in [4.78, 5) is 15.1. The van der Waals surface area contributed by atoms with E-state index in [2.05, 4.69) is 35.7 Å². The Bertz CT molecular complexity index is 475. The first-order chi connectivity index (χ1) is 9.74. The smallest absolute Gasteiger partial charge is 0.320 e. The van der Waals surface area contributed by atoms with Crippen molar-refractivity contribution in [2.45, 2.75) is 17.7 Å². The molecule has 0 aromatic heterocycles. The van der Waals surface area contributed by atoms with Crippen LogP contribution >= 0.6 is 11.8 Å². The summed E-state index contributed by atoms with van der Waals surface area (Å²) in [6.45, 7) is 7.96. The SMILES string of the molecule is C=CCN(CC(=O)OCC)CC1CSc2ccccc21. The molecule has 0 saturated heterocycles. The highest BCUT2D eigenvalue weighted by Gasteiger charge is 2.25. The maximum absolute atomic E-state index is 11.6. The lowest BCUT2D eigenvalue weighted by Crippen LogP contribution is -2.34. The minimum absolute atomic E-state index is 0.159. The second kappa shape index (κ2) is 7.50. The highest BCUT2D eigenvalue weighted by molar-refractivity contribution is 7.99. The maximum Gasteiger partial charge on any atom is 0.320 e. The summed E-state index contributed by atoms with van der Waals surface area (Å²) in [7, 11) is 0. The van der Waals surface area contributed by atoms with Gasteiger partial charge in [-0.25, -0.2) is 0 Å². The van der Waals surface area contributed by atoms with Crippen LogP contribution in [0.1, 0.15) is 18.4 Å². The third-order valence-corrected chi connectivity index (χ3v) is 4.57. The third kappa shape index (κ3) is 3.87. The van der Waals surface area contributed by atoms with Gasteiger partial charge in [-0.15, -0.1) is 18.3 Å². The lowest BCUT2D eigenvalue weighted by molar-refractivity contribution is -0.144. The van der Waals surface area contributed by atoms with Gasteiger partial charge < -0.3 is 4.74 Å². The van der Waals surface area contributed by atoms with E-state index in [1.807, 2.05) is 24.8 Å². The van der Waals surface area contributed by atoms with E-state index in [4.69, 9.17) is 4.74 Å². The standard InChI is InChI=1S/C16H21NO2S/c1-3-9-17(11-16(18)19-4-2)10-13-12-20-15-8-6-5-7-14(13)15/h3,5-8,13H,1,4,9-12H2,2H3. The zero-order valence-electron chi connectivity index (χ0n) is 11.9. The van der Waals surface area contributed by atoms with Gasteiger partial charge in [-0.2, -0.15) is 0 Å². The molecule has 0 saturated carbocycles. The summed E-state index contributed by atoms with van der Waals surface area (Å²) >= 11 is 1.90. The number of benzene rings is 1. The summed E-state index contributed by atoms with van der Waals surface area (Å²) < 4.78 is 5.03. The van der Waals surface area contributed by atoms with Crippen molar-refractivity contribution >= 4 is 17.7 Å². The number of hydrogen-bond acceptors (Lipinski definition) is 4. The van der Waals surface area contributed by atoms with Crippen LogP contribution in [0.25, 0.3) is 0 Å². The molecule has 108 valence electrons. The molecule has 1 aliphatic rings. The van der Waals surface area contributed by atoms with Gasteiger partial charge in [0.15, 0.2) is 0 Å². The van der Waals surface area contributed by atoms with Crippen molar-refractivity contribution in [1.29, 1.82) is 0 Å².